The molecule has 4 rings (SSSR count). The van der Waals surface area contributed by atoms with E-state index in [0.29, 0.717) is 11.6 Å². The van der Waals surface area contributed by atoms with Crippen LogP contribution in [0.5, 0.6) is 0 Å². The quantitative estimate of drug-likeness (QED) is 0.633. The zero-order chi connectivity index (χ0) is 21.1. The number of aromatic nitrogens is 1. The fourth-order valence-corrected chi connectivity index (χ4v) is 4.86. The molecule has 0 saturated heterocycles. The molecule has 0 unspecified atom stereocenters. The van der Waals surface area contributed by atoms with Crippen LogP contribution in [0.4, 0.5) is 5.69 Å². The fourth-order valence-electron chi connectivity index (χ4n) is 3.53. The second kappa shape index (κ2) is 8.55. The zero-order valence-corrected chi connectivity index (χ0v) is 17.7. The molecular weight excluding hydrogens is 422 g/mol. The van der Waals surface area contributed by atoms with Crippen molar-refractivity contribution in [2.75, 3.05) is 18.0 Å². The summed E-state index contributed by atoms with van der Waals surface area (Å²) < 4.78 is 27.2. The molecule has 1 aromatic heterocycles. The largest absolute Gasteiger partial charge is 0.312 e. The minimum atomic E-state index is -3.71. The van der Waals surface area contributed by atoms with Crippen molar-refractivity contribution >= 4 is 33.2 Å². The van der Waals surface area contributed by atoms with E-state index in [0.717, 1.165) is 28.8 Å². The Kier molecular flexibility index (Phi) is 5.85. The number of anilines is 1. The first kappa shape index (κ1) is 20.5. The number of rotatable bonds is 6. The molecule has 1 amide bonds. The Morgan fingerprint density at radius 2 is 1.87 bits per heavy atom. The number of nitrogens with one attached hydrogen (secondary N) is 1. The van der Waals surface area contributed by atoms with Gasteiger partial charge in [-0.15, -0.1) is 0 Å². The van der Waals surface area contributed by atoms with Crippen molar-refractivity contribution in [2.45, 2.75) is 17.7 Å². The number of hydrogen-bond donors (Lipinski definition) is 1. The second-order valence-electron chi connectivity index (χ2n) is 6.98. The van der Waals surface area contributed by atoms with Gasteiger partial charge in [0.2, 0.25) is 15.9 Å². The molecule has 0 spiro atoms. The lowest BCUT2D eigenvalue weighted by molar-refractivity contribution is -0.118. The van der Waals surface area contributed by atoms with Gasteiger partial charge in [0.1, 0.15) is 0 Å². The van der Waals surface area contributed by atoms with E-state index in [4.69, 9.17) is 11.6 Å². The number of carbonyl (C=O) groups is 1. The first-order valence-electron chi connectivity index (χ1n) is 9.53. The van der Waals surface area contributed by atoms with Crippen molar-refractivity contribution in [3.05, 3.63) is 77.6 Å². The Hall–Kier alpha value is -2.74. The minimum Gasteiger partial charge on any atom is -0.312 e. The van der Waals surface area contributed by atoms with E-state index in [1.165, 1.54) is 12.1 Å². The van der Waals surface area contributed by atoms with Crippen molar-refractivity contribution < 1.29 is 13.2 Å². The number of fused-ring (bicyclic) bond motifs is 1. The van der Waals surface area contributed by atoms with Gasteiger partial charge in [-0.1, -0.05) is 23.7 Å². The van der Waals surface area contributed by atoms with Crippen LogP contribution in [-0.4, -0.2) is 32.4 Å². The molecule has 0 aliphatic carbocycles. The van der Waals surface area contributed by atoms with Crippen molar-refractivity contribution in [2.24, 2.45) is 0 Å². The summed E-state index contributed by atoms with van der Waals surface area (Å²) in [5.74, 6) is -0.112. The smallest absolute Gasteiger partial charge is 0.240 e. The third kappa shape index (κ3) is 4.38. The molecule has 0 radical (unpaired) electrons. The number of pyridine rings is 1. The van der Waals surface area contributed by atoms with E-state index in [-0.39, 0.29) is 23.8 Å². The average Bonchev–Trinajstić information content (AvgIpc) is 3.17. The highest BCUT2D eigenvalue weighted by atomic mass is 35.5. The molecule has 8 heteroatoms. The van der Waals surface area contributed by atoms with Crippen LogP contribution in [0.1, 0.15) is 12.0 Å². The lowest BCUT2D eigenvalue weighted by Gasteiger charge is -2.18. The fraction of sp³-hybridized carbons (Fsp3) is 0.182. The normalized spacial score (nSPS) is 13.3. The lowest BCUT2D eigenvalue weighted by Crippen LogP contribution is -2.33. The number of hydrogen-bond acceptors (Lipinski definition) is 4. The van der Waals surface area contributed by atoms with Gasteiger partial charge >= 0.3 is 0 Å². The van der Waals surface area contributed by atoms with Gasteiger partial charge in [-0.2, -0.15) is 0 Å². The predicted molar refractivity (Wildman–Crippen MR) is 117 cm³/mol. The van der Waals surface area contributed by atoms with E-state index in [1.807, 2.05) is 24.3 Å². The van der Waals surface area contributed by atoms with Gasteiger partial charge in [-0.05, 0) is 65.6 Å². The second-order valence-corrected chi connectivity index (χ2v) is 9.18. The summed E-state index contributed by atoms with van der Waals surface area (Å²) in [6, 6.07) is 16.0. The topological polar surface area (TPSA) is 79.4 Å². The molecule has 6 nitrogen and oxygen atoms in total. The molecule has 2 aromatic carbocycles. The first-order valence-corrected chi connectivity index (χ1v) is 11.4. The summed E-state index contributed by atoms with van der Waals surface area (Å²) in [5.41, 5.74) is 4.15. The summed E-state index contributed by atoms with van der Waals surface area (Å²) in [6.45, 7) is 0.615. The lowest BCUT2D eigenvalue weighted by atomic mass is 10.0. The third-order valence-corrected chi connectivity index (χ3v) is 6.72. The molecule has 0 atom stereocenters. The van der Waals surface area contributed by atoms with Crippen LogP contribution >= 0.6 is 11.6 Å². The molecule has 30 heavy (non-hydrogen) atoms. The third-order valence-electron chi connectivity index (χ3n) is 5.03. The summed E-state index contributed by atoms with van der Waals surface area (Å²) >= 11 is 5.86. The van der Waals surface area contributed by atoms with Crippen LogP contribution in [0, 0.1) is 0 Å². The zero-order valence-electron chi connectivity index (χ0n) is 16.1. The molecule has 0 fully saturated rings. The molecule has 1 aliphatic heterocycles. The van der Waals surface area contributed by atoms with E-state index in [2.05, 4.69) is 15.8 Å². The van der Waals surface area contributed by atoms with Crippen LogP contribution in [0.2, 0.25) is 5.02 Å². The number of amides is 1. The van der Waals surface area contributed by atoms with Crippen LogP contribution in [0.15, 0.2) is 71.9 Å². The average molecular weight is 442 g/mol. The van der Waals surface area contributed by atoms with E-state index in [1.54, 1.807) is 29.4 Å². The molecular formula is C22H20ClN3O3S. The number of sulfonamides is 1. The maximum atomic E-state index is 12.7. The summed E-state index contributed by atoms with van der Waals surface area (Å²) in [4.78, 5) is 18.5. The maximum absolute atomic E-state index is 12.7. The monoisotopic (exact) mass is 441 g/mol. The van der Waals surface area contributed by atoms with Crippen molar-refractivity contribution in [1.82, 2.24) is 9.71 Å². The molecule has 3 aromatic rings. The Labute approximate surface area is 180 Å². The van der Waals surface area contributed by atoms with Crippen molar-refractivity contribution in [3.63, 3.8) is 0 Å². The molecule has 0 saturated carbocycles. The van der Waals surface area contributed by atoms with E-state index in [9.17, 15) is 13.2 Å². The highest BCUT2D eigenvalue weighted by Crippen LogP contribution is 2.32. The number of carbonyl (C=O) groups excluding carboxylic acids is 1. The highest BCUT2D eigenvalue weighted by molar-refractivity contribution is 7.89. The summed E-state index contributed by atoms with van der Waals surface area (Å²) in [6.07, 6.45) is 4.35. The Bertz CT molecular complexity index is 1180. The van der Waals surface area contributed by atoms with Gasteiger partial charge in [-0.3, -0.25) is 9.78 Å². The van der Waals surface area contributed by atoms with Crippen molar-refractivity contribution in [3.8, 4) is 11.1 Å². The van der Waals surface area contributed by atoms with Gasteiger partial charge in [0, 0.05) is 42.6 Å². The van der Waals surface area contributed by atoms with Crippen molar-refractivity contribution in [1.29, 1.82) is 0 Å². The Morgan fingerprint density at radius 3 is 2.63 bits per heavy atom. The van der Waals surface area contributed by atoms with Gasteiger partial charge in [0.25, 0.3) is 0 Å². The maximum Gasteiger partial charge on any atom is 0.240 e. The molecule has 0 bridgehead atoms. The Morgan fingerprint density at radius 1 is 1.07 bits per heavy atom. The van der Waals surface area contributed by atoms with Crippen LogP contribution in [0.3, 0.4) is 0 Å². The molecule has 1 N–H and O–H groups in total. The van der Waals surface area contributed by atoms with E-state index >= 15 is 0 Å². The highest BCUT2D eigenvalue weighted by Gasteiger charge is 2.25. The van der Waals surface area contributed by atoms with Crippen LogP contribution < -0.4 is 9.62 Å². The number of halogens is 1. The van der Waals surface area contributed by atoms with Crippen LogP contribution in [-0.2, 0) is 21.2 Å². The van der Waals surface area contributed by atoms with Gasteiger partial charge in [-0.25, -0.2) is 13.1 Å². The molecule has 2 heterocycles. The minimum absolute atomic E-state index is 0.0224. The van der Waals surface area contributed by atoms with Gasteiger partial charge < -0.3 is 4.90 Å². The summed E-state index contributed by atoms with van der Waals surface area (Å²) in [5, 5.41) is 0.341. The standard InChI is InChI=1S/C22H20ClN3O3S/c23-19-2-1-3-20(15-19)30(28,29)25-12-8-22(27)26-13-9-18-14-17(4-5-21(18)26)16-6-10-24-11-7-16/h1-7,10-11,14-15,25H,8-9,12-13H2. The number of nitrogens with zero attached hydrogens (tertiary/aromatic N) is 2. The first-order chi connectivity index (χ1) is 14.4. The Balaban J connectivity index is 1.40. The van der Waals surface area contributed by atoms with Gasteiger partial charge in [0.05, 0.1) is 4.90 Å². The molecule has 1 aliphatic rings. The number of benzene rings is 2. The molecule has 154 valence electrons. The SMILES string of the molecule is O=C(CCNS(=O)(=O)c1cccc(Cl)c1)N1CCc2cc(-c3ccncc3)ccc21. The van der Waals surface area contributed by atoms with Crippen LogP contribution in [0.25, 0.3) is 11.1 Å². The van der Waals surface area contributed by atoms with Gasteiger partial charge in [0.15, 0.2) is 0 Å². The predicted octanol–water partition coefficient (Wildman–Crippen LogP) is 3.66. The van der Waals surface area contributed by atoms with E-state index < -0.39 is 10.0 Å². The summed E-state index contributed by atoms with van der Waals surface area (Å²) in [7, 11) is -3.71.